The van der Waals surface area contributed by atoms with Gasteiger partial charge in [0.25, 0.3) is 11.4 Å². The highest BCUT2D eigenvalue weighted by molar-refractivity contribution is 8.15. The Bertz CT molecular complexity index is 1140. The van der Waals surface area contributed by atoms with Gasteiger partial charge in [-0.15, -0.1) is 0 Å². The molecule has 0 spiro atoms. The first kappa shape index (κ1) is 25.8. The van der Waals surface area contributed by atoms with Crippen LogP contribution in [0.25, 0.3) is 0 Å². The number of carbonyl (C=O) groups is 2. The molecule has 11 nitrogen and oxygen atoms in total. The van der Waals surface area contributed by atoms with Crippen molar-refractivity contribution in [2.24, 2.45) is 4.99 Å². The largest absolute Gasteiger partial charge is 0.320 e. The summed E-state index contributed by atoms with van der Waals surface area (Å²) in [7, 11) is 0. The summed E-state index contributed by atoms with van der Waals surface area (Å²) in [5.74, 6) is -0.780. The van der Waals surface area contributed by atoms with E-state index >= 15 is 0 Å². The van der Waals surface area contributed by atoms with Crippen LogP contribution in [0.3, 0.4) is 0 Å². The Morgan fingerprint density at radius 1 is 1.06 bits per heavy atom. The number of nitro groups is 2. The van der Waals surface area contributed by atoms with Gasteiger partial charge >= 0.3 is 0 Å². The predicted octanol–water partition coefficient (Wildman–Crippen LogP) is 5.04. The molecule has 0 aromatic heterocycles. The summed E-state index contributed by atoms with van der Waals surface area (Å²) in [6, 6.07) is 11.5. The molecule has 0 bridgehead atoms. The number of amidine groups is 1. The number of para-hydroxylation sites is 2. The highest BCUT2D eigenvalue weighted by atomic mass is 32.2. The third-order valence-electron chi connectivity index (χ3n) is 5.29. The van der Waals surface area contributed by atoms with Gasteiger partial charge in [-0.05, 0) is 24.6 Å². The summed E-state index contributed by atoms with van der Waals surface area (Å²) in [5.41, 5.74) is 0.220. The van der Waals surface area contributed by atoms with Crippen LogP contribution in [0.1, 0.15) is 39.0 Å². The summed E-state index contributed by atoms with van der Waals surface area (Å²) < 4.78 is 0. The minimum atomic E-state index is -0.735. The second-order valence-corrected chi connectivity index (χ2v) is 9.02. The number of nitro benzene ring substituents is 2. The molecule has 0 unspecified atom stereocenters. The molecule has 1 N–H and O–H groups in total. The first-order valence-electron chi connectivity index (χ1n) is 11.1. The van der Waals surface area contributed by atoms with Crippen molar-refractivity contribution in [2.45, 2.75) is 44.3 Å². The van der Waals surface area contributed by atoms with Crippen LogP contribution in [0.4, 0.5) is 22.7 Å². The number of aliphatic imine (C=N–C) groups is 1. The van der Waals surface area contributed by atoms with Crippen molar-refractivity contribution in [1.82, 2.24) is 4.90 Å². The van der Waals surface area contributed by atoms with Crippen LogP contribution in [-0.2, 0) is 9.59 Å². The van der Waals surface area contributed by atoms with Crippen LogP contribution < -0.4 is 5.32 Å². The summed E-state index contributed by atoms with van der Waals surface area (Å²) in [6.07, 6.45) is 3.61. The van der Waals surface area contributed by atoms with Gasteiger partial charge < -0.3 is 5.32 Å². The number of nitrogens with zero attached hydrogens (tertiary/aromatic N) is 4. The molecule has 35 heavy (non-hydrogen) atoms. The van der Waals surface area contributed by atoms with Crippen molar-refractivity contribution in [2.75, 3.05) is 11.9 Å². The average Bonchev–Trinajstić information content (AvgIpc) is 3.11. The molecule has 1 aliphatic heterocycles. The second-order valence-electron chi connectivity index (χ2n) is 7.85. The molecule has 1 aliphatic rings. The van der Waals surface area contributed by atoms with Crippen molar-refractivity contribution in [3.05, 3.63) is 68.8 Å². The Labute approximate surface area is 205 Å². The Hall–Kier alpha value is -3.80. The van der Waals surface area contributed by atoms with E-state index in [1.807, 2.05) is 0 Å². The van der Waals surface area contributed by atoms with Crippen LogP contribution in [0.15, 0.2) is 53.5 Å². The van der Waals surface area contributed by atoms with Crippen LogP contribution in [0, 0.1) is 20.2 Å². The smallest absolute Gasteiger partial charge is 0.292 e. The summed E-state index contributed by atoms with van der Waals surface area (Å²) in [6.45, 7) is 2.53. The zero-order valence-electron chi connectivity index (χ0n) is 19.1. The lowest BCUT2D eigenvalue weighted by Crippen LogP contribution is -2.34. The lowest BCUT2D eigenvalue weighted by molar-refractivity contribution is -0.384. The van der Waals surface area contributed by atoms with E-state index in [4.69, 9.17) is 0 Å². The van der Waals surface area contributed by atoms with E-state index in [-0.39, 0.29) is 29.4 Å². The van der Waals surface area contributed by atoms with Crippen molar-refractivity contribution in [3.8, 4) is 0 Å². The standard InChI is InChI=1S/C23H25N5O6S/c1-2-3-4-7-14-26-22(30)20(15-21(29)25-18-8-5-6-9-19(18)28(33)34)35-23(26)24-16-10-12-17(13-11-16)27(31)32/h5-6,8-13,20H,2-4,7,14-15H2,1H3,(H,25,29)/t20-/m1/s1. The molecule has 0 aliphatic carbocycles. The predicted molar refractivity (Wildman–Crippen MR) is 134 cm³/mol. The van der Waals surface area contributed by atoms with E-state index in [9.17, 15) is 29.8 Å². The van der Waals surface area contributed by atoms with E-state index in [0.717, 1.165) is 37.4 Å². The molecule has 184 valence electrons. The molecular weight excluding hydrogens is 474 g/mol. The molecule has 3 rings (SSSR count). The van der Waals surface area contributed by atoms with Gasteiger partial charge in [-0.25, -0.2) is 4.99 Å². The minimum absolute atomic E-state index is 0.0640. The van der Waals surface area contributed by atoms with Crippen LogP contribution >= 0.6 is 11.8 Å². The van der Waals surface area contributed by atoms with Gasteiger partial charge in [0.1, 0.15) is 10.9 Å². The number of hydrogen-bond acceptors (Lipinski definition) is 8. The van der Waals surface area contributed by atoms with Crippen molar-refractivity contribution in [1.29, 1.82) is 0 Å². The number of hydrogen-bond donors (Lipinski definition) is 1. The Morgan fingerprint density at radius 2 is 1.77 bits per heavy atom. The number of non-ortho nitro benzene ring substituents is 1. The number of unbranched alkanes of at least 4 members (excludes halogenated alkanes) is 3. The maximum atomic E-state index is 13.1. The van der Waals surface area contributed by atoms with Gasteiger partial charge in [-0.2, -0.15) is 0 Å². The van der Waals surface area contributed by atoms with E-state index in [2.05, 4.69) is 17.2 Å². The van der Waals surface area contributed by atoms with Crippen LogP contribution in [-0.4, -0.2) is 43.5 Å². The zero-order valence-corrected chi connectivity index (χ0v) is 19.9. The number of benzene rings is 2. The molecule has 2 aromatic carbocycles. The van der Waals surface area contributed by atoms with Crippen molar-refractivity contribution in [3.63, 3.8) is 0 Å². The average molecular weight is 500 g/mol. The number of carbonyl (C=O) groups excluding carboxylic acids is 2. The number of thioether (sulfide) groups is 1. The lowest BCUT2D eigenvalue weighted by atomic mass is 10.2. The zero-order chi connectivity index (χ0) is 25.4. The third-order valence-corrected chi connectivity index (χ3v) is 6.46. The fourth-order valence-electron chi connectivity index (χ4n) is 3.50. The van der Waals surface area contributed by atoms with Crippen molar-refractivity contribution < 1.29 is 19.4 Å². The first-order chi connectivity index (χ1) is 16.8. The maximum Gasteiger partial charge on any atom is 0.292 e. The van der Waals surface area contributed by atoms with E-state index in [0.29, 0.717) is 17.4 Å². The molecule has 0 saturated carbocycles. The molecule has 1 fully saturated rings. The fourth-order valence-corrected chi connectivity index (χ4v) is 4.68. The van der Waals surface area contributed by atoms with E-state index in [1.165, 1.54) is 42.5 Å². The molecule has 1 atom stereocenters. The van der Waals surface area contributed by atoms with Crippen LogP contribution in [0.2, 0.25) is 0 Å². The molecule has 2 amide bonds. The highest BCUT2D eigenvalue weighted by Gasteiger charge is 2.39. The number of amides is 2. The fraction of sp³-hybridized carbons (Fsp3) is 0.348. The first-order valence-corrected chi connectivity index (χ1v) is 12.0. The van der Waals surface area contributed by atoms with Crippen LogP contribution in [0.5, 0.6) is 0 Å². The van der Waals surface area contributed by atoms with Gasteiger partial charge in [-0.3, -0.25) is 34.7 Å². The maximum absolute atomic E-state index is 13.1. The summed E-state index contributed by atoms with van der Waals surface area (Å²) in [4.78, 5) is 52.8. The molecule has 12 heteroatoms. The quantitative estimate of drug-likeness (QED) is 0.258. The second kappa shape index (κ2) is 12.1. The van der Waals surface area contributed by atoms with Gasteiger partial charge in [-0.1, -0.05) is 50.1 Å². The number of anilines is 1. The van der Waals surface area contributed by atoms with Gasteiger partial charge in [0.2, 0.25) is 11.8 Å². The van der Waals surface area contributed by atoms with Gasteiger partial charge in [0, 0.05) is 31.2 Å². The summed E-state index contributed by atoms with van der Waals surface area (Å²) >= 11 is 1.14. The van der Waals surface area contributed by atoms with E-state index in [1.54, 1.807) is 11.0 Å². The topological polar surface area (TPSA) is 148 Å². The third kappa shape index (κ3) is 6.85. The Balaban J connectivity index is 1.76. The van der Waals surface area contributed by atoms with Gasteiger partial charge in [0.15, 0.2) is 5.17 Å². The van der Waals surface area contributed by atoms with Gasteiger partial charge in [0.05, 0.1) is 15.5 Å². The number of rotatable bonds is 11. The summed E-state index contributed by atoms with van der Waals surface area (Å²) in [5, 5.41) is 24.3. The minimum Gasteiger partial charge on any atom is -0.320 e. The number of nitrogens with one attached hydrogen (secondary N) is 1. The molecule has 2 aromatic rings. The monoisotopic (exact) mass is 499 g/mol. The molecular formula is C23H25N5O6S. The Morgan fingerprint density at radius 3 is 2.43 bits per heavy atom. The molecule has 0 radical (unpaired) electrons. The normalized spacial score (nSPS) is 16.5. The molecule has 1 saturated heterocycles. The Kier molecular flexibility index (Phi) is 8.90. The molecule has 1 heterocycles. The lowest BCUT2D eigenvalue weighted by Gasteiger charge is -2.16. The van der Waals surface area contributed by atoms with Crippen molar-refractivity contribution >= 4 is 51.5 Å². The SMILES string of the molecule is CCCCCCN1C(=O)[C@@H](CC(=O)Nc2ccccc2[N+](=O)[O-])SC1=Nc1ccc([N+](=O)[O-])cc1. The van der Waals surface area contributed by atoms with E-state index < -0.39 is 21.0 Å². The highest BCUT2D eigenvalue weighted by Crippen LogP contribution is 2.33.